The SMILES string of the molecule is CSc1cccc(NC(=O)/C=C/c2cc([N+](=O)[O-])cc3c2OCOC3)c1. The Kier molecular flexibility index (Phi) is 5.55. The minimum Gasteiger partial charge on any atom is -0.467 e. The molecule has 0 saturated carbocycles. The third-order valence-corrected chi connectivity index (χ3v) is 4.41. The lowest BCUT2D eigenvalue weighted by molar-refractivity contribution is -0.385. The van der Waals surface area contributed by atoms with Crippen molar-refractivity contribution in [3.8, 4) is 5.75 Å². The summed E-state index contributed by atoms with van der Waals surface area (Å²) in [6.07, 6.45) is 4.78. The fourth-order valence-corrected chi connectivity index (χ4v) is 2.97. The second kappa shape index (κ2) is 8.03. The van der Waals surface area contributed by atoms with E-state index in [0.717, 1.165) is 4.90 Å². The number of rotatable bonds is 5. The molecule has 0 bridgehead atoms. The molecule has 0 unspecified atom stereocenters. The highest BCUT2D eigenvalue weighted by Gasteiger charge is 2.19. The number of fused-ring (bicyclic) bond motifs is 1. The van der Waals surface area contributed by atoms with Gasteiger partial charge in [-0.1, -0.05) is 6.07 Å². The zero-order valence-electron chi connectivity index (χ0n) is 13.9. The minimum absolute atomic E-state index is 0.0688. The molecule has 0 atom stereocenters. The van der Waals surface area contributed by atoms with E-state index in [2.05, 4.69) is 5.32 Å². The molecule has 134 valence electrons. The van der Waals surface area contributed by atoms with Crippen LogP contribution in [-0.4, -0.2) is 23.9 Å². The number of nitrogens with one attached hydrogen (secondary N) is 1. The van der Waals surface area contributed by atoms with Crippen molar-refractivity contribution in [2.75, 3.05) is 18.4 Å². The first kappa shape index (κ1) is 18.0. The van der Waals surface area contributed by atoms with Crippen LogP contribution in [0.1, 0.15) is 11.1 Å². The molecular formula is C18H16N2O5S. The lowest BCUT2D eigenvalue weighted by Crippen LogP contribution is -2.13. The number of carbonyl (C=O) groups is 1. The molecule has 1 N–H and O–H groups in total. The predicted molar refractivity (Wildman–Crippen MR) is 99.3 cm³/mol. The fourth-order valence-electron chi connectivity index (χ4n) is 2.51. The predicted octanol–water partition coefficient (Wildman–Crippen LogP) is 3.84. The van der Waals surface area contributed by atoms with Crippen LogP contribution in [-0.2, 0) is 16.1 Å². The lowest BCUT2D eigenvalue weighted by atomic mass is 10.1. The van der Waals surface area contributed by atoms with E-state index in [9.17, 15) is 14.9 Å². The maximum Gasteiger partial charge on any atom is 0.270 e. The Bertz CT molecular complexity index is 882. The van der Waals surface area contributed by atoms with Gasteiger partial charge in [0.05, 0.1) is 11.5 Å². The third kappa shape index (κ3) is 4.22. The van der Waals surface area contributed by atoms with Crippen LogP contribution < -0.4 is 10.1 Å². The van der Waals surface area contributed by atoms with E-state index in [1.807, 2.05) is 24.5 Å². The van der Waals surface area contributed by atoms with E-state index >= 15 is 0 Å². The Morgan fingerprint density at radius 2 is 2.19 bits per heavy atom. The quantitative estimate of drug-likeness (QED) is 0.371. The van der Waals surface area contributed by atoms with Gasteiger partial charge in [0.25, 0.3) is 5.69 Å². The number of benzene rings is 2. The first-order chi connectivity index (χ1) is 12.6. The van der Waals surface area contributed by atoms with Crippen LogP contribution in [0.15, 0.2) is 47.4 Å². The van der Waals surface area contributed by atoms with Gasteiger partial charge >= 0.3 is 0 Å². The smallest absolute Gasteiger partial charge is 0.270 e. The highest BCUT2D eigenvalue weighted by Crippen LogP contribution is 2.33. The van der Waals surface area contributed by atoms with Gasteiger partial charge in [-0.2, -0.15) is 0 Å². The van der Waals surface area contributed by atoms with Crippen LogP contribution in [0.2, 0.25) is 0 Å². The van der Waals surface area contributed by atoms with Crippen LogP contribution in [0, 0.1) is 10.1 Å². The number of nitrogens with zero attached hydrogens (tertiary/aromatic N) is 1. The summed E-state index contributed by atoms with van der Waals surface area (Å²) in [6, 6.07) is 10.3. The maximum absolute atomic E-state index is 12.2. The largest absolute Gasteiger partial charge is 0.467 e. The molecular weight excluding hydrogens is 356 g/mol. The molecule has 26 heavy (non-hydrogen) atoms. The van der Waals surface area contributed by atoms with Crippen LogP contribution in [0.3, 0.4) is 0 Å². The Morgan fingerprint density at radius 1 is 1.35 bits per heavy atom. The molecule has 2 aromatic rings. The van der Waals surface area contributed by atoms with Gasteiger partial charge in [0.15, 0.2) is 6.79 Å². The van der Waals surface area contributed by atoms with Crippen LogP contribution >= 0.6 is 11.8 Å². The van der Waals surface area contributed by atoms with Crippen molar-refractivity contribution < 1.29 is 19.2 Å². The lowest BCUT2D eigenvalue weighted by Gasteiger charge is -2.19. The highest BCUT2D eigenvalue weighted by atomic mass is 32.2. The molecule has 1 aliphatic rings. The van der Waals surface area contributed by atoms with E-state index in [0.29, 0.717) is 22.6 Å². The van der Waals surface area contributed by atoms with Crippen molar-refractivity contribution in [2.45, 2.75) is 11.5 Å². The summed E-state index contributed by atoms with van der Waals surface area (Å²) in [5, 5.41) is 13.9. The van der Waals surface area contributed by atoms with Crippen molar-refractivity contribution in [3.05, 3.63) is 63.7 Å². The molecule has 1 aliphatic heterocycles. The van der Waals surface area contributed by atoms with Crippen molar-refractivity contribution >= 4 is 35.1 Å². The summed E-state index contributed by atoms with van der Waals surface area (Å²) in [4.78, 5) is 23.8. The monoisotopic (exact) mass is 372 g/mol. The Balaban J connectivity index is 1.81. The average Bonchev–Trinajstić information content (AvgIpc) is 2.66. The zero-order valence-corrected chi connectivity index (χ0v) is 14.7. The molecule has 7 nitrogen and oxygen atoms in total. The standard InChI is InChI=1S/C18H16N2O5S/c1-26-16-4-2-3-14(9-16)19-17(21)6-5-12-7-15(20(22)23)8-13-10-24-11-25-18(12)13/h2-9H,10-11H2,1H3,(H,19,21)/b6-5+. The maximum atomic E-state index is 12.2. The molecule has 1 amide bonds. The van der Waals surface area contributed by atoms with Gasteiger partial charge in [-0.3, -0.25) is 14.9 Å². The van der Waals surface area contributed by atoms with Crippen LogP contribution in [0.4, 0.5) is 11.4 Å². The summed E-state index contributed by atoms with van der Waals surface area (Å²) in [7, 11) is 0. The number of hydrogen-bond donors (Lipinski definition) is 1. The van der Waals surface area contributed by atoms with Crippen LogP contribution in [0.5, 0.6) is 5.75 Å². The van der Waals surface area contributed by atoms with Crippen LogP contribution in [0.25, 0.3) is 6.08 Å². The Labute approximate surface area is 154 Å². The molecule has 1 heterocycles. The van der Waals surface area contributed by atoms with Gasteiger partial charge in [-0.15, -0.1) is 11.8 Å². The first-order valence-corrected chi connectivity index (χ1v) is 8.94. The number of nitro benzene ring substituents is 1. The second-order valence-corrected chi connectivity index (χ2v) is 6.33. The van der Waals surface area contributed by atoms with Gasteiger partial charge in [-0.05, 0) is 30.5 Å². The first-order valence-electron chi connectivity index (χ1n) is 7.72. The van der Waals surface area contributed by atoms with Gasteiger partial charge in [0.2, 0.25) is 5.91 Å². The number of anilines is 1. The van der Waals surface area contributed by atoms with Crippen molar-refractivity contribution in [2.24, 2.45) is 0 Å². The zero-order chi connectivity index (χ0) is 18.5. The van der Waals surface area contributed by atoms with E-state index in [-0.39, 0.29) is 25.0 Å². The highest BCUT2D eigenvalue weighted by molar-refractivity contribution is 7.98. The van der Waals surface area contributed by atoms with E-state index in [1.54, 1.807) is 17.8 Å². The molecule has 0 radical (unpaired) electrons. The fraction of sp³-hybridized carbons (Fsp3) is 0.167. The summed E-state index contributed by atoms with van der Waals surface area (Å²) in [5.41, 5.74) is 1.64. The Hall–Kier alpha value is -2.84. The normalized spacial score (nSPS) is 13.1. The summed E-state index contributed by atoms with van der Waals surface area (Å²) in [6.45, 7) is 0.296. The number of thioether (sulfide) groups is 1. The molecule has 2 aromatic carbocycles. The van der Waals surface area contributed by atoms with E-state index in [1.165, 1.54) is 24.3 Å². The van der Waals surface area contributed by atoms with Crippen molar-refractivity contribution in [1.82, 2.24) is 0 Å². The second-order valence-electron chi connectivity index (χ2n) is 5.45. The molecule has 3 rings (SSSR count). The number of hydrogen-bond acceptors (Lipinski definition) is 6. The topological polar surface area (TPSA) is 90.7 Å². The number of ether oxygens (including phenoxy) is 2. The number of amides is 1. The molecule has 8 heteroatoms. The van der Waals surface area contributed by atoms with Crippen molar-refractivity contribution in [1.29, 1.82) is 0 Å². The van der Waals surface area contributed by atoms with Gasteiger partial charge in [0.1, 0.15) is 5.75 Å². The summed E-state index contributed by atoms with van der Waals surface area (Å²) >= 11 is 1.58. The summed E-state index contributed by atoms with van der Waals surface area (Å²) in [5.74, 6) is 0.158. The van der Waals surface area contributed by atoms with Crippen molar-refractivity contribution in [3.63, 3.8) is 0 Å². The van der Waals surface area contributed by atoms with Gasteiger partial charge in [0, 0.05) is 39.9 Å². The molecule has 0 aliphatic carbocycles. The summed E-state index contributed by atoms with van der Waals surface area (Å²) < 4.78 is 10.6. The molecule has 0 fully saturated rings. The average molecular weight is 372 g/mol. The number of nitro groups is 1. The van der Waals surface area contributed by atoms with E-state index < -0.39 is 4.92 Å². The number of carbonyl (C=O) groups excluding carboxylic acids is 1. The van der Waals surface area contributed by atoms with Gasteiger partial charge in [-0.25, -0.2) is 0 Å². The molecule has 0 saturated heterocycles. The molecule has 0 aromatic heterocycles. The van der Waals surface area contributed by atoms with Gasteiger partial charge < -0.3 is 14.8 Å². The third-order valence-electron chi connectivity index (χ3n) is 3.69. The minimum atomic E-state index is -0.486. The number of non-ortho nitro benzene ring substituents is 1. The Morgan fingerprint density at radius 3 is 2.96 bits per heavy atom. The van der Waals surface area contributed by atoms with E-state index in [4.69, 9.17) is 9.47 Å². The molecule has 0 spiro atoms.